The summed E-state index contributed by atoms with van der Waals surface area (Å²) in [4.78, 5) is 25.2. The van der Waals surface area contributed by atoms with E-state index in [1.807, 2.05) is 36.4 Å². The third-order valence-electron chi connectivity index (χ3n) is 6.55. The maximum Gasteiger partial charge on any atom is 0.407 e. The van der Waals surface area contributed by atoms with Gasteiger partial charge in [-0.05, 0) is 53.3 Å². The van der Waals surface area contributed by atoms with Crippen LogP contribution in [0.15, 0.2) is 66.7 Å². The lowest BCUT2D eigenvalue weighted by atomic mass is 9.83. The highest BCUT2D eigenvalue weighted by Gasteiger charge is 2.41. The number of anilines is 1. The number of aliphatic hydroxyl groups is 1. The quantitative estimate of drug-likeness (QED) is 0.178. The molecule has 0 spiro atoms. The molecule has 3 aromatic carbocycles. The highest BCUT2D eigenvalue weighted by Crippen LogP contribution is 2.48. The molecule has 3 aromatic rings. The number of nitrogens with zero attached hydrogens (tertiary/aromatic N) is 1. The van der Waals surface area contributed by atoms with Crippen LogP contribution >= 0.6 is 23.2 Å². The number of fused-ring (bicyclic) bond motifs is 1. The summed E-state index contributed by atoms with van der Waals surface area (Å²) >= 11 is 13.1. The molecule has 1 aliphatic rings. The topological polar surface area (TPSA) is 105 Å². The Labute approximate surface area is 226 Å². The van der Waals surface area contributed by atoms with Crippen LogP contribution in [0.25, 0.3) is 0 Å². The molecule has 0 aromatic heterocycles. The predicted octanol–water partition coefficient (Wildman–Crippen LogP) is 5.52. The van der Waals surface area contributed by atoms with Gasteiger partial charge >= 0.3 is 6.09 Å². The molecular weight excluding hydrogens is 513 g/mol. The molecule has 0 bridgehead atoms. The largest absolute Gasteiger partial charge is 0.445 e. The SMILES string of the molecule is NN1C(=O)C(c2ccccc2Cl)c2c1ccc(Cl)c2[C@@H](CO)CCCCNC(=O)OCc1ccccc1. The van der Waals surface area contributed by atoms with Crippen LogP contribution in [-0.4, -0.2) is 30.3 Å². The van der Waals surface area contributed by atoms with E-state index < -0.39 is 12.0 Å². The average molecular weight is 542 g/mol. The van der Waals surface area contributed by atoms with E-state index in [1.165, 1.54) is 0 Å². The van der Waals surface area contributed by atoms with Gasteiger partial charge in [-0.15, -0.1) is 0 Å². The van der Waals surface area contributed by atoms with E-state index in [0.29, 0.717) is 58.2 Å². The number of halogens is 2. The second kappa shape index (κ2) is 12.4. The van der Waals surface area contributed by atoms with Crippen molar-refractivity contribution in [3.05, 3.63) is 99.0 Å². The highest BCUT2D eigenvalue weighted by molar-refractivity contribution is 6.33. The number of nitrogens with one attached hydrogen (secondary N) is 1. The molecule has 0 saturated carbocycles. The van der Waals surface area contributed by atoms with Gasteiger partial charge in [0.2, 0.25) is 0 Å². The Morgan fingerprint density at radius 3 is 2.49 bits per heavy atom. The molecule has 4 rings (SSSR count). The van der Waals surface area contributed by atoms with E-state index in [0.717, 1.165) is 10.6 Å². The van der Waals surface area contributed by atoms with Crippen molar-refractivity contribution in [2.75, 3.05) is 18.2 Å². The van der Waals surface area contributed by atoms with Crippen LogP contribution < -0.4 is 16.2 Å². The molecular formula is C28H29Cl2N3O4. The van der Waals surface area contributed by atoms with E-state index in [9.17, 15) is 14.7 Å². The van der Waals surface area contributed by atoms with Crippen molar-refractivity contribution in [1.82, 2.24) is 5.32 Å². The zero-order valence-electron chi connectivity index (χ0n) is 20.2. The second-order valence-electron chi connectivity index (χ2n) is 8.92. The van der Waals surface area contributed by atoms with Gasteiger partial charge in [0.05, 0.1) is 11.6 Å². The minimum absolute atomic E-state index is 0.156. The second-order valence-corrected chi connectivity index (χ2v) is 9.73. The summed E-state index contributed by atoms with van der Waals surface area (Å²) in [5.74, 6) is 4.80. The molecule has 37 heavy (non-hydrogen) atoms. The van der Waals surface area contributed by atoms with E-state index in [4.69, 9.17) is 33.8 Å². The number of hydrogen-bond donors (Lipinski definition) is 3. The molecule has 1 heterocycles. The van der Waals surface area contributed by atoms with Gasteiger partial charge in [0, 0.05) is 29.1 Å². The number of benzene rings is 3. The van der Waals surface area contributed by atoms with E-state index in [1.54, 1.807) is 30.3 Å². The lowest BCUT2D eigenvalue weighted by Crippen LogP contribution is -2.35. The normalized spacial score (nSPS) is 15.4. The first-order chi connectivity index (χ1) is 17.9. The minimum atomic E-state index is -0.711. The van der Waals surface area contributed by atoms with Gasteiger partial charge in [0.15, 0.2) is 0 Å². The van der Waals surface area contributed by atoms with Crippen LogP contribution in [0.1, 0.15) is 53.4 Å². The molecule has 0 fully saturated rings. The molecule has 2 atom stereocenters. The summed E-state index contributed by atoms with van der Waals surface area (Å²) in [5.41, 5.74) is 3.48. The first-order valence-electron chi connectivity index (χ1n) is 12.1. The fourth-order valence-electron chi connectivity index (χ4n) is 4.71. The zero-order chi connectivity index (χ0) is 26.4. The van der Waals surface area contributed by atoms with Crippen molar-refractivity contribution in [3.8, 4) is 0 Å². The van der Waals surface area contributed by atoms with Crippen LogP contribution in [0, 0.1) is 0 Å². The fraction of sp³-hybridized carbons (Fsp3) is 0.286. The standard InChI is InChI=1S/C28H29Cl2N3O4/c29-21-12-5-4-11-20(21)25-26-23(33(31)27(25)35)14-13-22(30)24(26)19(16-34)10-6-7-15-32-28(36)37-17-18-8-2-1-3-9-18/h1-5,8-9,11-14,19,25,34H,6-7,10,15-17,31H2,(H,32,36)/t19-,25?/m1/s1. The van der Waals surface area contributed by atoms with Crippen molar-refractivity contribution in [3.63, 3.8) is 0 Å². The van der Waals surface area contributed by atoms with Crippen LogP contribution in [-0.2, 0) is 16.1 Å². The molecule has 9 heteroatoms. The third-order valence-corrected chi connectivity index (χ3v) is 7.22. The van der Waals surface area contributed by atoms with Crippen LogP contribution in [0.5, 0.6) is 0 Å². The summed E-state index contributed by atoms with van der Waals surface area (Å²) in [7, 11) is 0. The van der Waals surface area contributed by atoms with Gasteiger partial charge in [0.1, 0.15) is 6.61 Å². The summed E-state index contributed by atoms with van der Waals surface area (Å²) < 4.78 is 5.23. The van der Waals surface area contributed by atoms with Gasteiger partial charge in [-0.2, -0.15) is 0 Å². The average Bonchev–Trinajstić information content (AvgIpc) is 3.16. The van der Waals surface area contributed by atoms with Gasteiger partial charge in [-0.1, -0.05) is 78.2 Å². The van der Waals surface area contributed by atoms with Crippen molar-refractivity contribution >= 4 is 40.9 Å². The van der Waals surface area contributed by atoms with Crippen LogP contribution in [0.2, 0.25) is 10.0 Å². The number of carbonyl (C=O) groups is 2. The lowest BCUT2D eigenvalue weighted by Gasteiger charge is -2.22. The molecule has 0 aliphatic carbocycles. The number of unbranched alkanes of at least 4 members (excludes halogenated alkanes) is 1. The molecule has 2 amide bonds. The minimum Gasteiger partial charge on any atom is -0.445 e. The molecule has 0 saturated heterocycles. The fourth-order valence-corrected chi connectivity index (χ4v) is 5.28. The molecule has 0 radical (unpaired) electrons. The number of hydrogen-bond acceptors (Lipinski definition) is 5. The van der Waals surface area contributed by atoms with E-state index >= 15 is 0 Å². The molecule has 1 unspecified atom stereocenters. The first-order valence-corrected chi connectivity index (χ1v) is 12.9. The number of amides is 2. The zero-order valence-corrected chi connectivity index (χ0v) is 21.7. The van der Waals surface area contributed by atoms with Gasteiger partial charge in [-0.3, -0.25) is 4.79 Å². The Morgan fingerprint density at radius 1 is 1.03 bits per heavy atom. The Bertz CT molecular complexity index is 1260. The Balaban J connectivity index is 1.41. The number of hydrazine groups is 1. The first kappa shape index (κ1) is 26.9. The highest BCUT2D eigenvalue weighted by atomic mass is 35.5. The molecule has 4 N–H and O–H groups in total. The maximum atomic E-state index is 13.2. The molecule has 1 aliphatic heterocycles. The molecule has 7 nitrogen and oxygen atoms in total. The van der Waals surface area contributed by atoms with Crippen molar-refractivity contribution < 1.29 is 19.4 Å². The monoisotopic (exact) mass is 541 g/mol. The van der Waals surface area contributed by atoms with Crippen molar-refractivity contribution in [1.29, 1.82) is 0 Å². The molecule has 194 valence electrons. The summed E-state index contributed by atoms with van der Waals surface area (Å²) in [6.07, 6.45) is 1.51. The van der Waals surface area contributed by atoms with Crippen LogP contribution in [0.4, 0.5) is 10.5 Å². The number of aliphatic hydroxyl groups excluding tert-OH is 1. The smallest absolute Gasteiger partial charge is 0.407 e. The van der Waals surface area contributed by atoms with Crippen molar-refractivity contribution in [2.45, 2.75) is 37.7 Å². The summed E-state index contributed by atoms with van der Waals surface area (Å²) in [5, 5.41) is 15.1. The van der Waals surface area contributed by atoms with E-state index in [2.05, 4.69) is 5.32 Å². The Kier molecular flexibility index (Phi) is 9.05. The summed E-state index contributed by atoms with van der Waals surface area (Å²) in [6, 6.07) is 20.0. The van der Waals surface area contributed by atoms with Gasteiger partial charge in [-0.25, -0.2) is 15.6 Å². The number of alkyl carbamates (subject to hydrolysis) is 1. The summed E-state index contributed by atoms with van der Waals surface area (Å²) in [6.45, 7) is 0.487. The Hall–Kier alpha value is -3.10. The number of nitrogens with two attached hydrogens (primary N) is 1. The van der Waals surface area contributed by atoms with Crippen molar-refractivity contribution in [2.24, 2.45) is 5.84 Å². The number of ether oxygens (including phenoxy) is 1. The van der Waals surface area contributed by atoms with Gasteiger partial charge < -0.3 is 15.2 Å². The maximum absolute atomic E-state index is 13.2. The van der Waals surface area contributed by atoms with Gasteiger partial charge in [0.25, 0.3) is 5.91 Å². The number of rotatable bonds is 10. The Morgan fingerprint density at radius 2 is 1.76 bits per heavy atom. The third kappa shape index (κ3) is 6.08. The van der Waals surface area contributed by atoms with Crippen LogP contribution in [0.3, 0.4) is 0 Å². The predicted molar refractivity (Wildman–Crippen MR) is 145 cm³/mol. The lowest BCUT2D eigenvalue weighted by molar-refractivity contribution is -0.118. The number of carbonyl (C=O) groups excluding carboxylic acids is 2. The van der Waals surface area contributed by atoms with E-state index in [-0.39, 0.29) is 25.0 Å².